The lowest BCUT2D eigenvalue weighted by atomic mass is 9.78. The molecule has 1 unspecified atom stereocenters. The Balaban J connectivity index is 1.89. The molecule has 3 heterocycles. The predicted molar refractivity (Wildman–Crippen MR) is 37.6 cm³/mol. The lowest BCUT2D eigenvalue weighted by molar-refractivity contribution is -0.302. The van der Waals surface area contributed by atoms with Crippen LogP contribution in [-0.2, 0) is 4.74 Å². The van der Waals surface area contributed by atoms with Crippen molar-refractivity contribution in [1.82, 2.24) is 4.90 Å². The molecule has 2 heteroatoms. The minimum Gasteiger partial charge on any atom is -0.364 e. The number of piperidine rings is 1. The minimum atomic E-state index is 0.242. The molecule has 0 aliphatic carbocycles. The van der Waals surface area contributed by atoms with Gasteiger partial charge in [-0.15, -0.1) is 0 Å². The molecule has 0 aromatic rings. The molecular formula is C8H13NO. The first-order chi connectivity index (χ1) is 4.86. The number of ether oxygens (including phenoxy) is 1. The Bertz CT molecular complexity index is 166. The van der Waals surface area contributed by atoms with Crippen LogP contribution in [0.2, 0.25) is 0 Å². The van der Waals surface area contributed by atoms with Crippen molar-refractivity contribution in [3.8, 4) is 0 Å². The monoisotopic (exact) mass is 139 g/mol. The minimum absolute atomic E-state index is 0.242. The topological polar surface area (TPSA) is 12.5 Å². The van der Waals surface area contributed by atoms with Crippen LogP contribution in [0.5, 0.6) is 0 Å². The summed E-state index contributed by atoms with van der Waals surface area (Å²) in [7, 11) is 1.85. The first-order valence-corrected chi connectivity index (χ1v) is 4.19. The number of hydrogen-bond donors (Lipinski definition) is 0. The zero-order valence-electron chi connectivity index (χ0n) is 6.34. The first kappa shape index (κ1) is 5.56. The molecule has 10 heavy (non-hydrogen) atoms. The Kier molecular flexibility index (Phi) is 0.783. The Morgan fingerprint density at radius 2 is 1.90 bits per heavy atom. The van der Waals surface area contributed by atoms with Crippen molar-refractivity contribution in [2.75, 3.05) is 7.11 Å². The quantitative estimate of drug-likeness (QED) is 0.536. The maximum absolute atomic E-state index is 5.48. The van der Waals surface area contributed by atoms with Gasteiger partial charge in [-0.3, -0.25) is 4.90 Å². The Hall–Kier alpha value is -0.0800. The van der Waals surface area contributed by atoms with Gasteiger partial charge >= 0.3 is 0 Å². The second kappa shape index (κ2) is 1.41. The molecule has 0 radical (unpaired) electrons. The van der Waals surface area contributed by atoms with Gasteiger partial charge in [0, 0.05) is 32.0 Å². The van der Waals surface area contributed by atoms with E-state index in [-0.39, 0.29) is 5.72 Å². The molecule has 3 rings (SSSR count). The largest absolute Gasteiger partial charge is 0.364 e. The Morgan fingerprint density at radius 1 is 1.30 bits per heavy atom. The normalized spacial score (nSPS) is 57.3. The van der Waals surface area contributed by atoms with Crippen molar-refractivity contribution in [1.29, 1.82) is 0 Å². The fourth-order valence-corrected chi connectivity index (χ4v) is 3.11. The molecule has 2 nitrogen and oxygen atoms in total. The second-order valence-electron chi connectivity index (χ2n) is 3.85. The summed E-state index contributed by atoms with van der Waals surface area (Å²) >= 11 is 0. The first-order valence-electron chi connectivity index (χ1n) is 4.19. The summed E-state index contributed by atoms with van der Waals surface area (Å²) < 4.78 is 5.48. The van der Waals surface area contributed by atoms with E-state index in [0.29, 0.717) is 0 Å². The molecule has 3 saturated heterocycles. The number of hydrogen-bond acceptors (Lipinski definition) is 2. The van der Waals surface area contributed by atoms with E-state index in [1.165, 1.54) is 25.7 Å². The van der Waals surface area contributed by atoms with Crippen LogP contribution in [0.3, 0.4) is 0 Å². The van der Waals surface area contributed by atoms with Gasteiger partial charge in [0.15, 0.2) is 0 Å². The van der Waals surface area contributed by atoms with Gasteiger partial charge in [-0.1, -0.05) is 0 Å². The van der Waals surface area contributed by atoms with Crippen LogP contribution in [0.4, 0.5) is 0 Å². The summed E-state index contributed by atoms with van der Waals surface area (Å²) in [6.07, 6.45) is 5.46. The van der Waals surface area contributed by atoms with Crippen molar-refractivity contribution in [3.63, 3.8) is 0 Å². The number of rotatable bonds is 1. The summed E-state index contributed by atoms with van der Waals surface area (Å²) in [6.45, 7) is 0. The van der Waals surface area contributed by atoms with E-state index >= 15 is 0 Å². The zero-order valence-corrected chi connectivity index (χ0v) is 6.34. The van der Waals surface area contributed by atoms with Crippen LogP contribution in [0.1, 0.15) is 25.7 Å². The van der Waals surface area contributed by atoms with E-state index in [2.05, 4.69) is 4.90 Å². The maximum atomic E-state index is 5.48. The van der Waals surface area contributed by atoms with Crippen molar-refractivity contribution >= 4 is 0 Å². The number of nitrogens with zero attached hydrogens (tertiary/aromatic N) is 1. The maximum Gasteiger partial charge on any atom is 0.124 e. The van der Waals surface area contributed by atoms with Crippen molar-refractivity contribution in [3.05, 3.63) is 0 Å². The fourth-order valence-electron chi connectivity index (χ4n) is 3.11. The van der Waals surface area contributed by atoms with Crippen LogP contribution >= 0.6 is 0 Å². The fraction of sp³-hybridized carbons (Fsp3) is 1.00. The van der Waals surface area contributed by atoms with Crippen LogP contribution < -0.4 is 0 Å². The lowest BCUT2D eigenvalue weighted by Crippen LogP contribution is -2.75. The summed E-state index contributed by atoms with van der Waals surface area (Å²) in [6, 6.07) is 1.80. The Morgan fingerprint density at radius 3 is 2.40 bits per heavy atom. The van der Waals surface area contributed by atoms with E-state index < -0.39 is 0 Å². The van der Waals surface area contributed by atoms with Gasteiger partial charge in [0.05, 0.1) is 0 Å². The molecule has 0 aromatic carbocycles. The zero-order chi connectivity index (χ0) is 6.77. The van der Waals surface area contributed by atoms with Crippen molar-refractivity contribution < 1.29 is 4.74 Å². The standard InChI is InChI=1S/C8H13NO/c1-10-8-4-6-2-3-7(5-8)9(6)8/h6-7H,2-5H2,1H3/t6-,7+,8?. The molecule has 0 spiro atoms. The second-order valence-corrected chi connectivity index (χ2v) is 3.85. The van der Waals surface area contributed by atoms with Crippen molar-refractivity contribution in [2.24, 2.45) is 0 Å². The summed E-state index contributed by atoms with van der Waals surface area (Å²) in [5, 5.41) is 0. The molecule has 0 aromatic heterocycles. The molecule has 3 fully saturated rings. The van der Waals surface area contributed by atoms with Gasteiger partial charge in [-0.25, -0.2) is 0 Å². The van der Waals surface area contributed by atoms with Gasteiger partial charge in [0.1, 0.15) is 5.72 Å². The highest BCUT2D eigenvalue weighted by molar-refractivity contribution is 5.16. The van der Waals surface area contributed by atoms with Crippen LogP contribution in [0.25, 0.3) is 0 Å². The Labute approximate surface area is 61.1 Å². The summed E-state index contributed by atoms with van der Waals surface area (Å²) in [5.74, 6) is 0. The molecule has 0 bridgehead atoms. The van der Waals surface area contributed by atoms with E-state index in [1.807, 2.05) is 7.11 Å². The third-order valence-corrected chi connectivity index (χ3v) is 3.58. The smallest absolute Gasteiger partial charge is 0.124 e. The van der Waals surface area contributed by atoms with E-state index in [1.54, 1.807) is 0 Å². The molecule has 3 atom stereocenters. The highest BCUT2D eigenvalue weighted by Crippen LogP contribution is 2.58. The molecule has 0 amide bonds. The molecule has 3 aliphatic heterocycles. The van der Waals surface area contributed by atoms with E-state index in [4.69, 9.17) is 4.74 Å². The molecule has 0 saturated carbocycles. The summed E-state index contributed by atoms with van der Waals surface area (Å²) in [5.41, 5.74) is 0.242. The summed E-state index contributed by atoms with van der Waals surface area (Å²) in [4.78, 5) is 2.58. The van der Waals surface area contributed by atoms with Gasteiger partial charge < -0.3 is 4.74 Å². The molecular weight excluding hydrogens is 126 g/mol. The molecule has 56 valence electrons. The third kappa shape index (κ3) is 0.372. The van der Waals surface area contributed by atoms with Gasteiger partial charge in [0.25, 0.3) is 0 Å². The third-order valence-electron chi connectivity index (χ3n) is 3.58. The predicted octanol–water partition coefficient (Wildman–Crippen LogP) is 0.970. The van der Waals surface area contributed by atoms with Gasteiger partial charge in [-0.05, 0) is 12.8 Å². The van der Waals surface area contributed by atoms with Crippen LogP contribution in [0, 0.1) is 0 Å². The lowest BCUT2D eigenvalue weighted by Gasteiger charge is -2.65. The van der Waals surface area contributed by atoms with E-state index in [9.17, 15) is 0 Å². The highest BCUT2D eigenvalue weighted by atomic mass is 16.5. The molecule has 3 aliphatic rings. The van der Waals surface area contributed by atoms with Gasteiger partial charge in [-0.2, -0.15) is 0 Å². The highest BCUT2D eigenvalue weighted by Gasteiger charge is 2.66. The van der Waals surface area contributed by atoms with Crippen molar-refractivity contribution in [2.45, 2.75) is 43.5 Å². The molecule has 0 N–H and O–H groups in total. The van der Waals surface area contributed by atoms with Crippen LogP contribution in [-0.4, -0.2) is 29.8 Å². The van der Waals surface area contributed by atoms with Gasteiger partial charge in [0.2, 0.25) is 0 Å². The van der Waals surface area contributed by atoms with Crippen LogP contribution in [0.15, 0.2) is 0 Å². The number of methoxy groups -OCH3 is 1. The van der Waals surface area contributed by atoms with E-state index in [0.717, 1.165) is 12.1 Å². The average molecular weight is 139 g/mol. The SMILES string of the molecule is COC12C[C@H]3CC[C@@H](C1)N32. The average Bonchev–Trinajstić information content (AvgIpc) is 2.15.